The Hall–Kier alpha value is -2.91. The first-order chi connectivity index (χ1) is 14.4. The van der Waals surface area contributed by atoms with Crippen molar-refractivity contribution in [3.05, 3.63) is 53.1 Å². The van der Waals surface area contributed by atoms with E-state index >= 15 is 0 Å². The molecule has 168 valence electrons. The summed E-state index contributed by atoms with van der Waals surface area (Å²) in [5, 5.41) is 2.83. The van der Waals surface area contributed by atoms with Crippen molar-refractivity contribution >= 4 is 27.5 Å². The molecule has 2 amide bonds. The highest BCUT2D eigenvalue weighted by Crippen LogP contribution is 2.22. The van der Waals surface area contributed by atoms with Crippen LogP contribution in [0.3, 0.4) is 0 Å². The lowest BCUT2D eigenvalue weighted by Gasteiger charge is -2.22. The van der Waals surface area contributed by atoms with E-state index in [-0.39, 0.29) is 17.3 Å². The Bertz CT molecular complexity index is 1040. The van der Waals surface area contributed by atoms with Crippen molar-refractivity contribution in [2.75, 3.05) is 26.0 Å². The molecule has 2 N–H and O–H groups in total. The first-order valence-corrected chi connectivity index (χ1v) is 11.2. The number of carbonyl (C=O) groups is 2. The molecule has 0 aromatic heterocycles. The predicted octanol–water partition coefficient (Wildman–Crippen LogP) is 2.38. The summed E-state index contributed by atoms with van der Waals surface area (Å²) in [4.78, 5) is 26.3. The molecular weight excluding hydrogens is 418 g/mol. The molecule has 9 heteroatoms. The number of nitrogens with zero attached hydrogens (tertiary/aromatic N) is 1. The fourth-order valence-corrected chi connectivity index (χ4v) is 4.48. The summed E-state index contributed by atoms with van der Waals surface area (Å²) >= 11 is 0. The number of rotatable bonds is 8. The molecule has 8 nitrogen and oxygen atoms in total. The minimum Gasteiger partial charge on any atom is -0.497 e. The minimum absolute atomic E-state index is 0.0127. The average molecular weight is 448 g/mol. The van der Waals surface area contributed by atoms with E-state index in [1.807, 2.05) is 32.9 Å². The van der Waals surface area contributed by atoms with Crippen LogP contribution in [0.5, 0.6) is 5.75 Å². The Morgan fingerprint density at radius 3 is 2.13 bits per heavy atom. The Labute approximate surface area is 183 Å². The van der Waals surface area contributed by atoms with Crippen LogP contribution in [0.2, 0.25) is 0 Å². The SMILES string of the molecule is COc1ccc(S(=O)(=O)N[C@@H](C)C(=O)N(C)CC(=O)Nc2c(C)cc(C)cc2C)cc1. The summed E-state index contributed by atoms with van der Waals surface area (Å²) in [7, 11) is -0.974. The molecule has 2 rings (SSSR count). The van der Waals surface area contributed by atoms with Gasteiger partial charge < -0.3 is 15.0 Å². The van der Waals surface area contributed by atoms with Gasteiger partial charge in [0, 0.05) is 12.7 Å². The summed E-state index contributed by atoms with van der Waals surface area (Å²) in [5.74, 6) is -0.367. The van der Waals surface area contributed by atoms with Crippen LogP contribution in [0.25, 0.3) is 0 Å². The molecule has 0 fully saturated rings. The van der Waals surface area contributed by atoms with Gasteiger partial charge in [-0.25, -0.2) is 8.42 Å². The summed E-state index contributed by atoms with van der Waals surface area (Å²) in [6.45, 7) is 7.01. The van der Waals surface area contributed by atoms with E-state index in [2.05, 4.69) is 10.0 Å². The molecule has 0 saturated carbocycles. The second kappa shape index (κ2) is 9.93. The summed E-state index contributed by atoms with van der Waals surface area (Å²) in [6.07, 6.45) is 0. The van der Waals surface area contributed by atoms with Crippen LogP contribution in [-0.4, -0.2) is 51.9 Å². The maximum Gasteiger partial charge on any atom is 0.243 e. The molecule has 31 heavy (non-hydrogen) atoms. The highest BCUT2D eigenvalue weighted by atomic mass is 32.2. The fraction of sp³-hybridized carbons (Fsp3) is 0.364. The standard InChI is InChI=1S/C22H29N3O5S/c1-14-11-15(2)21(16(3)12-14)23-20(26)13-25(5)22(27)17(4)24-31(28,29)19-9-7-18(30-6)8-10-19/h7-12,17,24H,13H2,1-6H3,(H,23,26)/t17-/m0/s1. The molecule has 1 atom stereocenters. The van der Waals surface area contributed by atoms with Gasteiger partial charge in [0.2, 0.25) is 21.8 Å². The van der Waals surface area contributed by atoms with Crippen LogP contribution in [0.15, 0.2) is 41.3 Å². The average Bonchev–Trinajstić information content (AvgIpc) is 2.69. The monoisotopic (exact) mass is 447 g/mol. The maximum atomic E-state index is 12.6. The number of hydrogen-bond donors (Lipinski definition) is 2. The smallest absolute Gasteiger partial charge is 0.243 e. The lowest BCUT2D eigenvalue weighted by Crippen LogP contribution is -2.47. The molecule has 0 bridgehead atoms. The van der Waals surface area contributed by atoms with Gasteiger partial charge in [-0.05, 0) is 63.1 Å². The van der Waals surface area contributed by atoms with Crippen LogP contribution in [0.4, 0.5) is 5.69 Å². The zero-order valence-electron chi connectivity index (χ0n) is 18.6. The molecular formula is C22H29N3O5S. The Balaban J connectivity index is 2.01. The topological polar surface area (TPSA) is 105 Å². The molecule has 0 aliphatic heterocycles. The van der Waals surface area contributed by atoms with Crippen LogP contribution in [0, 0.1) is 20.8 Å². The maximum absolute atomic E-state index is 12.6. The lowest BCUT2D eigenvalue weighted by molar-refractivity contribution is -0.134. The molecule has 0 saturated heterocycles. The van der Waals surface area contributed by atoms with Gasteiger partial charge in [0.25, 0.3) is 0 Å². The fourth-order valence-electron chi connectivity index (χ4n) is 3.29. The number of anilines is 1. The Morgan fingerprint density at radius 1 is 1.06 bits per heavy atom. The number of hydrogen-bond acceptors (Lipinski definition) is 5. The van der Waals surface area contributed by atoms with Gasteiger partial charge in [-0.3, -0.25) is 9.59 Å². The van der Waals surface area contributed by atoms with Gasteiger partial charge in [0.1, 0.15) is 5.75 Å². The van der Waals surface area contributed by atoms with Crippen LogP contribution < -0.4 is 14.8 Å². The number of aryl methyl sites for hydroxylation is 3. The third-order valence-electron chi connectivity index (χ3n) is 4.77. The summed E-state index contributed by atoms with van der Waals surface area (Å²) in [6, 6.07) is 8.71. The molecule has 0 unspecified atom stereocenters. The van der Waals surface area contributed by atoms with Crippen molar-refractivity contribution in [1.82, 2.24) is 9.62 Å². The largest absolute Gasteiger partial charge is 0.497 e. The Kier molecular flexibility index (Phi) is 7.80. The van der Waals surface area contributed by atoms with Crippen molar-refractivity contribution in [3.63, 3.8) is 0 Å². The number of amides is 2. The number of sulfonamides is 1. The highest BCUT2D eigenvalue weighted by molar-refractivity contribution is 7.89. The molecule has 0 radical (unpaired) electrons. The molecule has 2 aromatic carbocycles. The van der Waals surface area contributed by atoms with E-state index in [9.17, 15) is 18.0 Å². The number of nitrogens with one attached hydrogen (secondary N) is 2. The number of ether oxygens (including phenoxy) is 1. The van der Waals surface area contributed by atoms with Crippen molar-refractivity contribution < 1.29 is 22.7 Å². The number of carbonyl (C=O) groups excluding carboxylic acids is 2. The molecule has 0 aliphatic carbocycles. The van der Waals surface area contributed by atoms with Gasteiger partial charge in [0.15, 0.2) is 0 Å². The highest BCUT2D eigenvalue weighted by Gasteiger charge is 2.25. The number of methoxy groups -OCH3 is 1. The number of benzene rings is 2. The van der Waals surface area contributed by atoms with Gasteiger partial charge in [-0.2, -0.15) is 4.72 Å². The second-order valence-electron chi connectivity index (χ2n) is 7.53. The first-order valence-electron chi connectivity index (χ1n) is 9.73. The molecule has 2 aromatic rings. The minimum atomic E-state index is -3.91. The third kappa shape index (κ3) is 6.28. The van der Waals surface area contributed by atoms with Gasteiger partial charge in [-0.15, -0.1) is 0 Å². The van der Waals surface area contributed by atoms with Crippen LogP contribution in [0.1, 0.15) is 23.6 Å². The lowest BCUT2D eigenvalue weighted by atomic mass is 10.1. The van der Waals surface area contributed by atoms with Gasteiger partial charge >= 0.3 is 0 Å². The quantitative estimate of drug-likeness (QED) is 0.647. The van der Waals surface area contributed by atoms with Crippen molar-refractivity contribution in [3.8, 4) is 5.75 Å². The van der Waals surface area contributed by atoms with E-state index in [1.165, 1.54) is 50.2 Å². The molecule has 0 aliphatic rings. The predicted molar refractivity (Wildman–Crippen MR) is 120 cm³/mol. The van der Waals surface area contributed by atoms with E-state index < -0.39 is 22.0 Å². The van der Waals surface area contributed by atoms with Crippen molar-refractivity contribution in [2.24, 2.45) is 0 Å². The normalized spacial score (nSPS) is 12.2. The molecule has 0 spiro atoms. The van der Waals surface area contributed by atoms with E-state index in [0.29, 0.717) is 11.4 Å². The van der Waals surface area contributed by atoms with Crippen molar-refractivity contribution in [1.29, 1.82) is 0 Å². The second-order valence-corrected chi connectivity index (χ2v) is 9.25. The first kappa shape index (κ1) is 24.4. The number of likely N-dealkylation sites (N-methyl/N-ethyl adjacent to an activating group) is 1. The zero-order valence-corrected chi connectivity index (χ0v) is 19.5. The van der Waals surface area contributed by atoms with Crippen LogP contribution >= 0.6 is 0 Å². The zero-order chi connectivity index (χ0) is 23.3. The summed E-state index contributed by atoms with van der Waals surface area (Å²) in [5.41, 5.74) is 3.67. The van der Waals surface area contributed by atoms with Crippen molar-refractivity contribution in [2.45, 2.75) is 38.6 Å². The van der Waals surface area contributed by atoms with E-state index in [4.69, 9.17) is 4.74 Å². The third-order valence-corrected chi connectivity index (χ3v) is 6.33. The van der Waals surface area contributed by atoms with E-state index in [0.717, 1.165) is 16.7 Å². The summed E-state index contributed by atoms with van der Waals surface area (Å²) < 4.78 is 32.4. The Morgan fingerprint density at radius 2 is 1.61 bits per heavy atom. The van der Waals surface area contributed by atoms with E-state index in [1.54, 1.807) is 0 Å². The van der Waals surface area contributed by atoms with Gasteiger partial charge in [-0.1, -0.05) is 17.7 Å². The van der Waals surface area contributed by atoms with Gasteiger partial charge in [0.05, 0.1) is 24.6 Å². The molecule has 0 heterocycles. The van der Waals surface area contributed by atoms with Crippen LogP contribution in [-0.2, 0) is 19.6 Å².